The van der Waals surface area contributed by atoms with Crippen LogP contribution in [0.2, 0.25) is 0 Å². The molecule has 0 saturated heterocycles. The average molecular weight is 198 g/mol. The van der Waals surface area contributed by atoms with Crippen molar-refractivity contribution in [2.75, 3.05) is 12.3 Å². The lowest BCUT2D eigenvalue weighted by Crippen LogP contribution is -1.95. The highest BCUT2D eigenvalue weighted by atomic mass is 32.2. The zero-order chi connectivity index (χ0) is 9.52. The third-order valence-corrected chi connectivity index (χ3v) is 2.35. The summed E-state index contributed by atoms with van der Waals surface area (Å²) in [7, 11) is 0. The minimum atomic E-state index is -0.184. The van der Waals surface area contributed by atoms with Crippen LogP contribution in [0.15, 0.2) is 41.3 Å². The van der Waals surface area contributed by atoms with E-state index < -0.39 is 0 Å². The summed E-state index contributed by atoms with van der Waals surface area (Å²) in [6, 6.07) is 3.72. The van der Waals surface area contributed by atoms with Gasteiger partial charge in [-0.2, -0.15) is 0 Å². The Morgan fingerprint density at radius 1 is 1.69 bits per heavy atom. The van der Waals surface area contributed by atoms with E-state index in [4.69, 9.17) is 5.73 Å². The van der Waals surface area contributed by atoms with Crippen molar-refractivity contribution in [3.8, 4) is 0 Å². The molecule has 70 valence electrons. The lowest BCUT2D eigenvalue weighted by molar-refractivity contribution is 0.640. The molecule has 1 heterocycles. The van der Waals surface area contributed by atoms with E-state index in [-0.39, 0.29) is 12.4 Å². The SMILES string of the molecule is NC/C=C(/F)CSc1cccnc1. The van der Waals surface area contributed by atoms with Gasteiger partial charge in [0.2, 0.25) is 0 Å². The van der Waals surface area contributed by atoms with E-state index in [9.17, 15) is 4.39 Å². The first kappa shape index (κ1) is 10.2. The highest BCUT2D eigenvalue weighted by Crippen LogP contribution is 2.19. The lowest BCUT2D eigenvalue weighted by Gasteiger charge is -1.97. The van der Waals surface area contributed by atoms with Gasteiger partial charge in [0, 0.05) is 29.6 Å². The largest absolute Gasteiger partial charge is 0.327 e. The lowest BCUT2D eigenvalue weighted by atomic mass is 10.5. The number of nitrogens with two attached hydrogens (primary N) is 1. The second-order valence-corrected chi connectivity index (χ2v) is 3.41. The highest BCUT2D eigenvalue weighted by molar-refractivity contribution is 7.99. The van der Waals surface area contributed by atoms with Crippen LogP contribution in [0.1, 0.15) is 0 Å². The Morgan fingerprint density at radius 3 is 3.15 bits per heavy atom. The fourth-order valence-electron chi connectivity index (χ4n) is 0.772. The summed E-state index contributed by atoms with van der Waals surface area (Å²) in [5.74, 6) is 0.138. The molecule has 2 N–H and O–H groups in total. The molecule has 13 heavy (non-hydrogen) atoms. The molecule has 1 aromatic rings. The van der Waals surface area contributed by atoms with Crippen LogP contribution in [-0.4, -0.2) is 17.3 Å². The molecule has 0 aliphatic heterocycles. The molecule has 4 heteroatoms. The van der Waals surface area contributed by atoms with Crippen molar-refractivity contribution in [2.45, 2.75) is 4.90 Å². The zero-order valence-electron chi connectivity index (χ0n) is 7.11. The molecule has 0 aliphatic carbocycles. The topological polar surface area (TPSA) is 38.9 Å². The summed E-state index contributed by atoms with van der Waals surface area (Å²) in [6.45, 7) is 0.249. The Hall–Kier alpha value is -0.870. The van der Waals surface area contributed by atoms with Gasteiger partial charge in [-0.05, 0) is 18.2 Å². The van der Waals surface area contributed by atoms with Gasteiger partial charge in [-0.3, -0.25) is 4.98 Å². The van der Waals surface area contributed by atoms with Crippen molar-refractivity contribution >= 4 is 11.8 Å². The maximum atomic E-state index is 12.8. The standard InChI is InChI=1S/C9H11FN2S/c10-8(3-4-11)7-13-9-2-1-5-12-6-9/h1-3,5-6H,4,7,11H2/b8-3+. The molecule has 2 nitrogen and oxygen atoms in total. The van der Waals surface area contributed by atoms with E-state index in [1.807, 2.05) is 12.1 Å². The van der Waals surface area contributed by atoms with E-state index >= 15 is 0 Å². The Morgan fingerprint density at radius 2 is 2.54 bits per heavy atom. The van der Waals surface area contributed by atoms with E-state index in [0.717, 1.165) is 4.90 Å². The molecule has 0 amide bonds. The van der Waals surface area contributed by atoms with Crippen LogP contribution in [0.25, 0.3) is 0 Å². The molecule has 1 rings (SSSR count). The molecule has 0 fully saturated rings. The minimum Gasteiger partial charge on any atom is -0.327 e. The van der Waals surface area contributed by atoms with Crippen LogP contribution in [0, 0.1) is 0 Å². The number of aromatic nitrogens is 1. The van der Waals surface area contributed by atoms with Gasteiger partial charge in [0.05, 0.1) is 0 Å². The Labute approximate surface area is 81.0 Å². The summed E-state index contributed by atoms with van der Waals surface area (Å²) in [6.07, 6.45) is 4.78. The molecule has 0 atom stereocenters. The van der Waals surface area contributed by atoms with Crippen molar-refractivity contribution in [2.24, 2.45) is 5.73 Å². The first-order chi connectivity index (χ1) is 6.33. The van der Waals surface area contributed by atoms with Gasteiger partial charge in [0.1, 0.15) is 5.83 Å². The molecular formula is C9H11FN2S. The molecule has 0 aliphatic rings. The first-order valence-electron chi connectivity index (χ1n) is 3.90. The van der Waals surface area contributed by atoms with E-state index in [2.05, 4.69) is 4.98 Å². The van der Waals surface area contributed by atoms with Crippen molar-refractivity contribution < 1.29 is 4.39 Å². The monoisotopic (exact) mass is 198 g/mol. The number of rotatable bonds is 4. The van der Waals surface area contributed by atoms with Crippen LogP contribution in [0.4, 0.5) is 4.39 Å². The quantitative estimate of drug-likeness (QED) is 0.752. The Kier molecular flexibility index (Phi) is 4.49. The Balaban J connectivity index is 2.39. The maximum absolute atomic E-state index is 12.8. The highest BCUT2D eigenvalue weighted by Gasteiger charge is 1.96. The van der Waals surface area contributed by atoms with Crippen LogP contribution in [0.3, 0.4) is 0 Å². The number of thioether (sulfide) groups is 1. The molecule has 0 bridgehead atoms. The first-order valence-corrected chi connectivity index (χ1v) is 4.89. The van der Waals surface area contributed by atoms with E-state index in [0.29, 0.717) is 5.75 Å². The summed E-state index contributed by atoms with van der Waals surface area (Å²) in [5, 5.41) is 0. The van der Waals surface area contributed by atoms with Gasteiger partial charge >= 0.3 is 0 Å². The second kappa shape index (κ2) is 5.72. The predicted octanol–water partition coefficient (Wildman–Crippen LogP) is 1.99. The van der Waals surface area contributed by atoms with Gasteiger partial charge in [0.15, 0.2) is 0 Å². The van der Waals surface area contributed by atoms with Gasteiger partial charge in [0.25, 0.3) is 0 Å². The van der Waals surface area contributed by atoms with Gasteiger partial charge in [-0.1, -0.05) is 0 Å². The number of hydrogen-bond donors (Lipinski definition) is 1. The minimum absolute atomic E-state index is 0.184. The normalized spacial score (nSPS) is 11.7. The number of pyridine rings is 1. The smallest absolute Gasteiger partial charge is 0.107 e. The summed E-state index contributed by atoms with van der Waals surface area (Å²) in [4.78, 5) is 4.88. The van der Waals surface area contributed by atoms with Crippen molar-refractivity contribution in [1.82, 2.24) is 4.98 Å². The van der Waals surface area contributed by atoms with Crippen molar-refractivity contribution in [3.63, 3.8) is 0 Å². The third-order valence-electron chi connectivity index (χ3n) is 1.35. The second-order valence-electron chi connectivity index (χ2n) is 2.36. The zero-order valence-corrected chi connectivity index (χ0v) is 7.93. The van der Waals surface area contributed by atoms with Crippen LogP contribution in [0.5, 0.6) is 0 Å². The number of halogens is 1. The predicted molar refractivity (Wildman–Crippen MR) is 53.2 cm³/mol. The third kappa shape index (κ3) is 4.05. The van der Waals surface area contributed by atoms with Crippen LogP contribution >= 0.6 is 11.8 Å². The molecule has 0 spiro atoms. The van der Waals surface area contributed by atoms with Gasteiger partial charge < -0.3 is 5.73 Å². The summed E-state index contributed by atoms with van der Waals surface area (Å²) in [5.41, 5.74) is 5.16. The number of nitrogens with zero attached hydrogens (tertiary/aromatic N) is 1. The molecule has 0 aromatic carbocycles. The van der Waals surface area contributed by atoms with E-state index in [1.54, 1.807) is 12.4 Å². The van der Waals surface area contributed by atoms with Crippen LogP contribution in [-0.2, 0) is 0 Å². The van der Waals surface area contributed by atoms with Crippen molar-refractivity contribution in [3.05, 3.63) is 36.4 Å². The maximum Gasteiger partial charge on any atom is 0.107 e. The average Bonchev–Trinajstić information content (AvgIpc) is 2.17. The van der Waals surface area contributed by atoms with E-state index in [1.165, 1.54) is 17.8 Å². The van der Waals surface area contributed by atoms with Gasteiger partial charge in [-0.15, -0.1) is 11.8 Å². The van der Waals surface area contributed by atoms with Gasteiger partial charge in [-0.25, -0.2) is 4.39 Å². The molecule has 0 saturated carbocycles. The van der Waals surface area contributed by atoms with Crippen LogP contribution < -0.4 is 5.73 Å². The molecular weight excluding hydrogens is 187 g/mol. The molecule has 1 aromatic heterocycles. The fourth-order valence-corrected chi connectivity index (χ4v) is 1.50. The molecule has 0 radical (unpaired) electrons. The molecule has 0 unspecified atom stereocenters. The fraction of sp³-hybridized carbons (Fsp3) is 0.222. The van der Waals surface area contributed by atoms with Crippen molar-refractivity contribution in [1.29, 1.82) is 0 Å². The number of hydrogen-bond acceptors (Lipinski definition) is 3. The summed E-state index contributed by atoms with van der Waals surface area (Å²) < 4.78 is 12.8. The summed E-state index contributed by atoms with van der Waals surface area (Å²) >= 11 is 1.41. The Bertz CT molecular complexity index is 274.